The van der Waals surface area contributed by atoms with Crippen LogP contribution in [-0.2, 0) is 4.74 Å². The Morgan fingerprint density at radius 1 is 1.12 bits per heavy atom. The largest absolute Gasteiger partial charge is 0.394 e. The Morgan fingerprint density at radius 3 is 2.53 bits per heavy atom. The van der Waals surface area contributed by atoms with Crippen LogP contribution in [0.3, 0.4) is 0 Å². The van der Waals surface area contributed by atoms with Crippen LogP contribution in [0.15, 0.2) is 11.3 Å². The maximum Gasteiger partial charge on any atom is 0.0698 e. The van der Waals surface area contributed by atoms with Gasteiger partial charge in [-0.25, -0.2) is 0 Å². The molecule has 4 aliphatic rings. The van der Waals surface area contributed by atoms with Crippen molar-refractivity contribution in [1.29, 1.82) is 0 Å². The number of nitrogens with one attached hydrogen (secondary N) is 1. The molecule has 3 heteroatoms. The summed E-state index contributed by atoms with van der Waals surface area (Å²) < 4.78 is 5.29. The zero-order valence-corrected chi connectivity index (χ0v) is 10.5. The minimum atomic E-state index is 0.125. The van der Waals surface area contributed by atoms with E-state index in [1.807, 2.05) is 0 Å². The number of aliphatic hydroxyl groups is 1. The summed E-state index contributed by atoms with van der Waals surface area (Å²) in [5.74, 6) is 2.83. The SMILES string of the molecule is OCCOCCNC1=C2CC3CC(C2)CC1C3. The highest BCUT2D eigenvalue weighted by atomic mass is 16.5. The van der Waals surface area contributed by atoms with Gasteiger partial charge < -0.3 is 15.2 Å². The van der Waals surface area contributed by atoms with Crippen LogP contribution in [0.25, 0.3) is 0 Å². The van der Waals surface area contributed by atoms with Crippen LogP contribution in [0.4, 0.5) is 0 Å². The normalized spacial score (nSPS) is 34.5. The van der Waals surface area contributed by atoms with Gasteiger partial charge in [0.1, 0.15) is 0 Å². The molecule has 0 aliphatic heterocycles. The molecule has 2 saturated carbocycles. The van der Waals surface area contributed by atoms with E-state index < -0.39 is 0 Å². The Labute approximate surface area is 103 Å². The van der Waals surface area contributed by atoms with Crippen LogP contribution < -0.4 is 5.32 Å². The molecule has 4 aliphatic carbocycles. The number of hydrogen-bond donors (Lipinski definition) is 2. The topological polar surface area (TPSA) is 41.5 Å². The van der Waals surface area contributed by atoms with E-state index in [-0.39, 0.29) is 6.61 Å². The predicted molar refractivity (Wildman–Crippen MR) is 66.5 cm³/mol. The number of aliphatic hydroxyl groups excluding tert-OH is 1. The first-order chi connectivity index (χ1) is 8.36. The molecule has 0 aromatic carbocycles. The molecule has 96 valence electrons. The van der Waals surface area contributed by atoms with Gasteiger partial charge in [-0.05, 0) is 49.9 Å². The summed E-state index contributed by atoms with van der Waals surface area (Å²) in [5.41, 5.74) is 3.28. The average molecular weight is 237 g/mol. The van der Waals surface area contributed by atoms with Crippen LogP contribution in [0, 0.1) is 17.8 Å². The number of hydrogen-bond acceptors (Lipinski definition) is 3. The molecule has 2 N–H and O–H groups in total. The molecule has 2 fully saturated rings. The maximum absolute atomic E-state index is 8.62. The zero-order valence-electron chi connectivity index (χ0n) is 10.5. The summed E-state index contributed by atoms with van der Waals surface area (Å²) in [6.07, 6.45) is 7.03. The summed E-state index contributed by atoms with van der Waals surface area (Å²) in [7, 11) is 0. The smallest absolute Gasteiger partial charge is 0.0698 e. The summed E-state index contributed by atoms with van der Waals surface area (Å²) in [6.45, 7) is 2.18. The number of allylic oxidation sites excluding steroid dienone is 2. The molecular formula is C14H23NO2. The highest BCUT2D eigenvalue weighted by molar-refractivity contribution is 5.26. The Balaban J connectivity index is 1.53. The van der Waals surface area contributed by atoms with Crippen LogP contribution in [0.5, 0.6) is 0 Å². The molecule has 17 heavy (non-hydrogen) atoms. The first kappa shape index (κ1) is 11.5. The van der Waals surface area contributed by atoms with Gasteiger partial charge in [0.05, 0.1) is 19.8 Å². The molecular weight excluding hydrogens is 214 g/mol. The first-order valence-corrected chi connectivity index (χ1v) is 7.01. The average Bonchev–Trinajstić information content (AvgIpc) is 2.31. The molecule has 0 saturated heterocycles. The van der Waals surface area contributed by atoms with Gasteiger partial charge in [0.25, 0.3) is 0 Å². The Kier molecular flexibility index (Phi) is 3.39. The van der Waals surface area contributed by atoms with Crippen molar-refractivity contribution < 1.29 is 9.84 Å². The molecule has 0 spiro atoms. The van der Waals surface area contributed by atoms with Crippen molar-refractivity contribution in [1.82, 2.24) is 5.32 Å². The van der Waals surface area contributed by atoms with Crippen molar-refractivity contribution >= 4 is 0 Å². The minimum absolute atomic E-state index is 0.125. The highest BCUT2D eigenvalue weighted by Crippen LogP contribution is 2.52. The molecule has 4 bridgehead atoms. The zero-order chi connectivity index (χ0) is 11.7. The van der Waals surface area contributed by atoms with E-state index in [4.69, 9.17) is 9.84 Å². The van der Waals surface area contributed by atoms with E-state index in [1.165, 1.54) is 32.1 Å². The van der Waals surface area contributed by atoms with Gasteiger partial charge in [0.2, 0.25) is 0 Å². The quantitative estimate of drug-likeness (QED) is 0.691. The van der Waals surface area contributed by atoms with E-state index in [2.05, 4.69) is 5.32 Å². The Morgan fingerprint density at radius 2 is 1.88 bits per heavy atom. The second-order valence-electron chi connectivity index (χ2n) is 5.82. The number of ether oxygens (including phenoxy) is 1. The lowest BCUT2D eigenvalue weighted by Crippen LogP contribution is -2.40. The summed E-state index contributed by atoms with van der Waals surface area (Å²) in [6, 6.07) is 0. The molecule has 3 nitrogen and oxygen atoms in total. The van der Waals surface area contributed by atoms with Crippen molar-refractivity contribution in [3.8, 4) is 0 Å². The van der Waals surface area contributed by atoms with Crippen LogP contribution >= 0.6 is 0 Å². The number of rotatable bonds is 6. The molecule has 4 rings (SSSR count). The van der Waals surface area contributed by atoms with Crippen molar-refractivity contribution in [3.63, 3.8) is 0 Å². The highest BCUT2D eigenvalue weighted by Gasteiger charge is 2.41. The van der Waals surface area contributed by atoms with E-state index >= 15 is 0 Å². The van der Waals surface area contributed by atoms with E-state index in [9.17, 15) is 0 Å². The van der Waals surface area contributed by atoms with Crippen LogP contribution in [0.2, 0.25) is 0 Å². The lowest BCUT2D eigenvalue weighted by Gasteiger charge is -2.48. The van der Waals surface area contributed by atoms with Crippen LogP contribution in [0.1, 0.15) is 32.1 Å². The molecule has 0 heterocycles. The predicted octanol–water partition coefficient (Wildman–Crippen LogP) is 1.68. The standard InChI is InChI=1S/C14H23NO2/c16-2-4-17-3-1-15-14-12-6-10-5-11(8-12)9-13(14)7-10/h10-12,15-16H,1-9H2. The van der Waals surface area contributed by atoms with Crippen molar-refractivity contribution in [2.75, 3.05) is 26.4 Å². The van der Waals surface area contributed by atoms with Crippen LogP contribution in [-0.4, -0.2) is 31.5 Å². The third kappa shape index (κ3) is 2.36. The van der Waals surface area contributed by atoms with Gasteiger partial charge in [-0.15, -0.1) is 0 Å². The van der Waals surface area contributed by atoms with Gasteiger partial charge in [-0.1, -0.05) is 5.57 Å². The fraction of sp³-hybridized carbons (Fsp3) is 0.857. The second kappa shape index (κ2) is 4.99. The molecule has 0 aromatic heterocycles. The van der Waals surface area contributed by atoms with Gasteiger partial charge in [-0.3, -0.25) is 0 Å². The third-order valence-corrected chi connectivity index (χ3v) is 4.56. The van der Waals surface area contributed by atoms with E-state index in [0.717, 1.165) is 24.3 Å². The molecule has 0 aromatic rings. The van der Waals surface area contributed by atoms with Gasteiger partial charge in [-0.2, -0.15) is 0 Å². The maximum atomic E-state index is 8.62. The van der Waals surface area contributed by atoms with E-state index in [1.54, 1.807) is 11.3 Å². The minimum Gasteiger partial charge on any atom is -0.394 e. The third-order valence-electron chi connectivity index (χ3n) is 4.56. The van der Waals surface area contributed by atoms with Crippen molar-refractivity contribution in [3.05, 3.63) is 11.3 Å². The first-order valence-electron chi connectivity index (χ1n) is 7.01. The van der Waals surface area contributed by atoms with E-state index in [0.29, 0.717) is 13.2 Å². The Hall–Kier alpha value is -0.540. The lowest BCUT2D eigenvalue weighted by atomic mass is 9.60. The fourth-order valence-corrected chi connectivity index (χ4v) is 4.12. The summed E-state index contributed by atoms with van der Waals surface area (Å²) in [5, 5.41) is 12.2. The monoisotopic (exact) mass is 237 g/mol. The van der Waals surface area contributed by atoms with Gasteiger partial charge >= 0.3 is 0 Å². The molecule has 2 atom stereocenters. The lowest BCUT2D eigenvalue weighted by molar-refractivity contribution is 0.0924. The molecule has 0 radical (unpaired) electrons. The molecule has 0 amide bonds. The summed E-state index contributed by atoms with van der Waals surface area (Å²) >= 11 is 0. The fourth-order valence-electron chi connectivity index (χ4n) is 4.12. The van der Waals surface area contributed by atoms with Gasteiger partial charge in [0.15, 0.2) is 0 Å². The van der Waals surface area contributed by atoms with Crippen molar-refractivity contribution in [2.45, 2.75) is 32.1 Å². The van der Waals surface area contributed by atoms with Crippen molar-refractivity contribution in [2.24, 2.45) is 17.8 Å². The second-order valence-corrected chi connectivity index (χ2v) is 5.82. The summed E-state index contributed by atoms with van der Waals surface area (Å²) in [4.78, 5) is 0. The Bertz CT molecular complexity index is 297. The molecule has 2 unspecified atom stereocenters. The van der Waals surface area contributed by atoms with Gasteiger partial charge in [0, 0.05) is 12.2 Å².